The molecule has 0 spiro atoms. The molecule has 7 heteroatoms. The number of carbonyl (C=O) groups excluding carboxylic acids is 1. The highest BCUT2D eigenvalue weighted by atomic mass is 32.2. The lowest BCUT2D eigenvalue weighted by Gasteiger charge is -2.23. The van der Waals surface area contributed by atoms with Gasteiger partial charge in [0, 0.05) is 38.1 Å². The van der Waals surface area contributed by atoms with Gasteiger partial charge in [0.15, 0.2) is 9.84 Å². The fourth-order valence-corrected chi connectivity index (χ4v) is 4.36. The van der Waals surface area contributed by atoms with Crippen LogP contribution in [-0.2, 0) is 19.4 Å². The monoisotopic (exact) mass is 304 g/mol. The van der Waals surface area contributed by atoms with Gasteiger partial charge in [0.2, 0.25) is 5.91 Å². The van der Waals surface area contributed by atoms with Crippen molar-refractivity contribution in [3.8, 4) is 0 Å². The first-order chi connectivity index (χ1) is 9.50. The van der Waals surface area contributed by atoms with Crippen LogP contribution in [0.15, 0.2) is 0 Å². The van der Waals surface area contributed by atoms with E-state index in [2.05, 4.69) is 17.6 Å². The Hall–Kier alpha value is -0.660. The van der Waals surface area contributed by atoms with Crippen LogP contribution in [0.4, 0.5) is 0 Å². The molecule has 2 aliphatic heterocycles. The predicted octanol–water partition coefficient (Wildman–Crippen LogP) is -0.306. The largest absolute Gasteiger partial charge is 0.378 e. The van der Waals surface area contributed by atoms with E-state index in [1.807, 2.05) is 0 Å². The summed E-state index contributed by atoms with van der Waals surface area (Å²) in [5.74, 6) is 0.529. The molecule has 1 amide bonds. The molecule has 20 heavy (non-hydrogen) atoms. The zero-order valence-electron chi connectivity index (χ0n) is 11.9. The first-order valence-corrected chi connectivity index (χ1v) is 9.14. The summed E-state index contributed by atoms with van der Waals surface area (Å²) in [4.78, 5) is 11.9. The molecule has 2 saturated heterocycles. The van der Waals surface area contributed by atoms with Gasteiger partial charge in [-0.2, -0.15) is 0 Å². The Kier molecular flexibility index (Phi) is 5.40. The van der Waals surface area contributed by atoms with E-state index in [9.17, 15) is 13.2 Å². The predicted molar refractivity (Wildman–Crippen MR) is 76.2 cm³/mol. The number of ether oxygens (including phenoxy) is 1. The van der Waals surface area contributed by atoms with Gasteiger partial charge < -0.3 is 15.4 Å². The van der Waals surface area contributed by atoms with E-state index >= 15 is 0 Å². The van der Waals surface area contributed by atoms with Gasteiger partial charge in [0.25, 0.3) is 0 Å². The van der Waals surface area contributed by atoms with Crippen molar-refractivity contribution in [3.63, 3.8) is 0 Å². The Labute approximate surface area is 120 Å². The van der Waals surface area contributed by atoms with Gasteiger partial charge in [-0.15, -0.1) is 0 Å². The van der Waals surface area contributed by atoms with E-state index in [4.69, 9.17) is 4.74 Å². The maximum absolute atomic E-state index is 11.9. The number of amides is 1. The molecule has 2 aliphatic rings. The molecule has 2 N–H and O–H groups in total. The topological polar surface area (TPSA) is 84.5 Å². The van der Waals surface area contributed by atoms with Gasteiger partial charge >= 0.3 is 0 Å². The van der Waals surface area contributed by atoms with Crippen LogP contribution in [0.3, 0.4) is 0 Å². The van der Waals surface area contributed by atoms with Crippen LogP contribution in [0.2, 0.25) is 0 Å². The molecule has 2 rings (SSSR count). The second-order valence-electron chi connectivity index (χ2n) is 5.64. The van der Waals surface area contributed by atoms with Gasteiger partial charge in [-0.05, 0) is 12.8 Å². The molecule has 0 aromatic heterocycles. The summed E-state index contributed by atoms with van der Waals surface area (Å²) in [6.07, 6.45) is 2.41. The van der Waals surface area contributed by atoms with Crippen molar-refractivity contribution in [2.24, 2.45) is 5.92 Å². The van der Waals surface area contributed by atoms with Gasteiger partial charge in [0.05, 0.1) is 17.6 Å². The van der Waals surface area contributed by atoms with Crippen molar-refractivity contribution in [2.45, 2.75) is 38.3 Å². The molecule has 6 nitrogen and oxygen atoms in total. The average Bonchev–Trinajstić information content (AvgIpc) is 2.82. The van der Waals surface area contributed by atoms with Gasteiger partial charge in [-0.25, -0.2) is 8.42 Å². The fourth-order valence-electron chi connectivity index (χ4n) is 2.92. The molecule has 3 unspecified atom stereocenters. The molecule has 0 radical (unpaired) electrons. The number of sulfone groups is 1. The molecule has 0 bridgehead atoms. The van der Waals surface area contributed by atoms with Gasteiger partial charge in [-0.3, -0.25) is 4.79 Å². The fraction of sp³-hybridized carbons (Fsp3) is 0.923. The number of hydrogen-bond acceptors (Lipinski definition) is 5. The van der Waals surface area contributed by atoms with Crippen LogP contribution in [0.5, 0.6) is 0 Å². The highest BCUT2D eigenvalue weighted by Gasteiger charge is 2.28. The smallest absolute Gasteiger partial charge is 0.221 e. The summed E-state index contributed by atoms with van der Waals surface area (Å²) in [6, 6.07) is -0.254. The third kappa shape index (κ3) is 4.43. The Morgan fingerprint density at radius 3 is 2.95 bits per heavy atom. The quantitative estimate of drug-likeness (QED) is 0.728. The molecule has 0 aliphatic carbocycles. The summed E-state index contributed by atoms with van der Waals surface area (Å²) in [5.41, 5.74) is 0. The number of rotatable bonds is 5. The lowest BCUT2D eigenvalue weighted by molar-refractivity contribution is -0.121. The zero-order chi connectivity index (χ0) is 14.6. The minimum absolute atomic E-state index is 0.0601. The van der Waals surface area contributed by atoms with E-state index in [0.29, 0.717) is 19.0 Å². The highest BCUT2D eigenvalue weighted by Crippen LogP contribution is 2.22. The maximum atomic E-state index is 11.9. The van der Waals surface area contributed by atoms with Crippen molar-refractivity contribution < 1.29 is 17.9 Å². The third-order valence-corrected chi connectivity index (χ3v) is 5.78. The normalized spacial score (nSPS) is 33.0. The molecule has 116 valence electrons. The zero-order valence-corrected chi connectivity index (χ0v) is 12.7. The highest BCUT2D eigenvalue weighted by molar-refractivity contribution is 7.91. The molecule has 0 saturated carbocycles. The summed E-state index contributed by atoms with van der Waals surface area (Å²) in [6.45, 7) is 3.91. The number of nitrogens with one attached hydrogen (secondary N) is 2. The lowest BCUT2D eigenvalue weighted by Crippen LogP contribution is -2.47. The van der Waals surface area contributed by atoms with Crippen LogP contribution in [-0.4, -0.2) is 57.7 Å². The second kappa shape index (κ2) is 6.87. The van der Waals surface area contributed by atoms with Crippen LogP contribution in [0, 0.1) is 5.92 Å². The average molecular weight is 304 g/mol. The van der Waals surface area contributed by atoms with Gasteiger partial charge in [0.1, 0.15) is 0 Å². The first kappa shape index (κ1) is 15.7. The Bertz CT molecular complexity index is 438. The molecule has 2 heterocycles. The van der Waals surface area contributed by atoms with E-state index in [1.54, 1.807) is 0 Å². The minimum Gasteiger partial charge on any atom is -0.378 e. The molecule has 2 fully saturated rings. The SMILES string of the molecule is CCC1OCCC1CNC(=O)CC1CS(=O)(=O)CCN1. The molecule has 0 aromatic carbocycles. The molecule has 0 aromatic rings. The Balaban J connectivity index is 1.72. The van der Waals surface area contributed by atoms with Crippen molar-refractivity contribution >= 4 is 15.7 Å². The van der Waals surface area contributed by atoms with Crippen LogP contribution >= 0.6 is 0 Å². The van der Waals surface area contributed by atoms with Crippen LogP contribution < -0.4 is 10.6 Å². The third-order valence-electron chi connectivity index (χ3n) is 4.04. The number of hydrogen-bond donors (Lipinski definition) is 2. The summed E-state index contributed by atoms with van der Waals surface area (Å²) in [5, 5.41) is 6.00. The Morgan fingerprint density at radius 1 is 1.45 bits per heavy atom. The molecule has 3 atom stereocenters. The Morgan fingerprint density at radius 2 is 2.25 bits per heavy atom. The first-order valence-electron chi connectivity index (χ1n) is 7.32. The van der Waals surface area contributed by atoms with E-state index in [1.165, 1.54) is 0 Å². The lowest BCUT2D eigenvalue weighted by atomic mass is 9.99. The van der Waals surface area contributed by atoms with Crippen molar-refractivity contribution in [1.82, 2.24) is 10.6 Å². The molecular weight excluding hydrogens is 280 g/mol. The van der Waals surface area contributed by atoms with E-state index < -0.39 is 9.84 Å². The number of carbonyl (C=O) groups is 1. The standard InChI is InChI=1S/C13H24N2O4S/c1-2-12-10(3-5-19-12)8-15-13(16)7-11-9-20(17,18)6-4-14-11/h10-12,14H,2-9H2,1H3,(H,15,16). The molecular formula is C13H24N2O4S. The van der Waals surface area contributed by atoms with Gasteiger partial charge in [-0.1, -0.05) is 6.92 Å². The van der Waals surface area contributed by atoms with Crippen molar-refractivity contribution in [1.29, 1.82) is 0 Å². The van der Waals surface area contributed by atoms with E-state index in [-0.39, 0.29) is 36.0 Å². The minimum atomic E-state index is -2.98. The second-order valence-corrected chi connectivity index (χ2v) is 7.87. The van der Waals surface area contributed by atoms with Crippen molar-refractivity contribution in [2.75, 3.05) is 31.2 Å². The summed E-state index contributed by atoms with van der Waals surface area (Å²) < 4.78 is 28.6. The van der Waals surface area contributed by atoms with Crippen LogP contribution in [0.1, 0.15) is 26.2 Å². The van der Waals surface area contributed by atoms with Crippen molar-refractivity contribution in [3.05, 3.63) is 0 Å². The summed E-state index contributed by atoms with van der Waals surface area (Å²) >= 11 is 0. The maximum Gasteiger partial charge on any atom is 0.221 e. The summed E-state index contributed by atoms with van der Waals surface area (Å²) in [7, 11) is -2.98. The van der Waals surface area contributed by atoms with Crippen LogP contribution in [0.25, 0.3) is 0 Å². The van der Waals surface area contributed by atoms with E-state index in [0.717, 1.165) is 19.4 Å².